The van der Waals surface area contributed by atoms with E-state index in [-0.39, 0.29) is 30.4 Å². The first-order valence-corrected chi connectivity index (χ1v) is 11.5. The molecule has 7 heteroatoms. The van der Waals surface area contributed by atoms with Crippen LogP contribution in [0, 0.1) is 0 Å². The molecule has 3 unspecified atom stereocenters. The zero-order chi connectivity index (χ0) is 23.5. The van der Waals surface area contributed by atoms with E-state index in [1.165, 1.54) is 0 Å². The molecule has 2 amide bonds. The number of benzene rings is 2. The fraction of sp³-hybridized carbons (Fsp3) is 0.296. The highest BCUT2D eigenvalue weighted by atomic mass is 16.5. The number of para-hydroxylation sites is 2. The number of likely N-dealkylation sites (tertiary alicyclic amines) is 2. The number of pyridine rings is 1. The van der Waals surface area contributed by atoms with Gasteiger partial charge in [-0.2, -0.15) is 0 Å². The Kier molecular flexibility index (Phi) is 6.16. The summed E-state index contributed by atoms with van der Waals surface area (Å²) in [5.41, 5.74) is 1.85. The lowest BCUT2D eigenvalue weighted by Crippen LogP contribution is -2.63. The summed E-state index contributed by atoms with van der Waals surface area (Å²) >= 11 is 0. The highest BCUT2D eigenvalue weighted by Gasteiger charge is 2.51. The first-order chi connectivity index (χ1) is 16.7. The third-order valence-corrected chi connectivity index (χ3v) is 6.56. The molecule has 0 saturated carbocycles. The van der Waals surface area contributed by atoms with Gasteiger partial charge in [0.25, 0.3) is 5.91 Å². The van der Waals surface area contributed by atoms with Crippen molar-refractivity contribution in [3.8, 4) is 11.5 Å². The lowest BCUT2D eigenvalue weighted by molar-refractivity contribution is -0.168. The van der Waals surface area contributed by atoms with Crippen LogP contribution < -0.4 is 9.47 Å². The number of carbonyl (C=O) groups is 2. The summed E-state index contributed by atoms with van der Waals surface area (Å²) in [5, 5.41) is 0. The maximum Gasteiger partial charge on any atom is 0.267 e. The molecule has 174 valence electrons. The molecule has 0 N–H and O–H groups in total. The predicted octanol–water partition coefficient (Wildman–Crippen LogP) is 3.78. The molecule has 34 heavy (non-hydrogen) atoms. The minimum Gasteiger partial charge on any atom is -0.496 e. The lowest BCUT2D eigenvalue weighted by Gasteiger charge is -2.46. The number of rotatable bonds is 7. The van der Waals surface area contributed by atoms with Crippen molar-refractivity contribution in [3.63, 3.8) is 0 Å². The van der Waals surface area contributed by atoms with Crippen molar-refractivity contribution >= 4 is 11.8 Å². The van der Waals surface area contributed by atoms with E-state index in [9.17, 15) is 9.59 Å². The first kappa shape index (κ1) is 21.9. The monoisotopic (exact) mass is 457 g/mol. The topological polar surface area (TPSA) is 72.0 Å². The summed E-state index contributed by atoms with van der Waals surface area (Å²) in [6.07, 6.45) is 4.50. The van der Waals surface area contributed by atoms with Gasteiger partial charge in [0.1, 0.15) is 24.1 Å². The van der Waals surface area contributed by atoms with E-state index in [1.54, 1.807) is 24.4 Å². The number of hydrogen-bond donors (Lipinski definition) is 0. The van der Waals surface area contributed by atoms with Crippen LogP contribution in [0.25, 0.3) is 0 Å². The third kappa shape index (κ3) is 4.09. The molecule has 0 radical (unpaired) electrons. The molecule has 0 spiro atoms. The Morgan fingerprint density at radius 2 is 1.85 bits per heavy atom. The van der Waals surface area contributed by atoms with Crippen LogP contribution >= 0.6 is 0 Å². The zero-order valence-corrected chi connectivity index (χ0v) is 19.0. The Morgan fingerprint density at radius 3 is 2.62 bits per heavy atom. The smallest absolute Gasteiger partial charge is 0.267 e. The molecule has 3 aromatic rings. The van der Waals surface area contributed by atoms with Crippen LogP contribution in [0.1, 0.15) is 36.1 Å². The minimum absolute atomic E-state index is 0.00130. The Labute approximate surface area is 198 Å². The van der Waals surface area contributed by atoms with Crippen LogP contribution in [0.5, 0.6) is 11.5 Å². The van der Waals surface area contributed by atoms with Crippen molar-refractivity contribution in [2.24, 2.45) is 0 Å². The molecule has 2 fully saturated rings. The highest BCUT2D eigenvalue weighted by Crippen LogP contribution is 2.40. The second-order valence-corrected chi connectivity index (χ2v) is 8.54. The van der Waals surface area contributed by atoms with Gasteiger partial charge in [0.05, 0.1) is 13.2 Å². The standard InChI is InChI=1S/C27H27N3O4/c1-33-23-14-6-5-12-21(23)22-13-8-16-29(22)24(31)18-30-25(19-9-7-15-28-17-19)26(27(30)32)34-20-10-3-2-4-11-20/h2-7,9-12,14-15,17,22,25-26H,8,13,16,18H2,1H3. The Hall–Kier alpha value is -3.87. The van der Waals surface area contributed by atoms with Crippen molar-refractivity contribution in [2.45, 2.75) is 31.0 Å². The van der Waals surface area contributed by atoms with Crippen LogP contribution in [-0.2, 0) is 9.59 Å². The quantitative estimate of drug-likeness (QED) is 0.505. The van der Waals surface area contributed by atoms with Crippen LogP contribution in [0.4, 0.5) is 0 Å². The van der Waals surface area contributed by atoms with Crippen LogP contribution in [0.2, 0.25) is 0 Å². The maximum absolute atomic E-state index is 13.5. The molecular formula is C27H27N3O4. The Bertz CT molecular complexity index is 1150. The van der Waals surface area contributed by atoms with Gasteiger partial charge in [0, 0.05) is 24.5 Å². The van der Waals surface area contributed by atoms with Crippen molar-refractivity contribution in [2.75, 3.05) is 20.2 Å². The molecular weight excluding hydrogens is 430 g/mol. The van der Waals surface area contributed by atoms with E-state index in [2.05, 4.69) is 4.98 Å². The maximum atomic E-state index is 13.5. The summed E-state index contributed by atoms with van der Waals surface area (Å²) in [6.45, 7) is 0.657. The SMILES string of the molecule is COc1ccccc1C1CCCN1C(=O)CN1C(=O)C(Oc2ccccc2)C1c1cccnc1. The number of β-lactam (4-membered cyclic amide) rings is 1. The molecule has 3 heterocycles. The number of ether oxygens (including phenoxy) is 2. The minimum atomic E-state index is -0.692. The first-order valence-electron chi connectivity index (χ1n) is 11.5. The average molecular weight is 458 g/mol. The van der Waals surface area contributed by atoms with E-state index in [1.807, 2.05) is 71.6 Å². The van der Waals surface area contributed by atoms with Crippen molar-refractivity contribution < 1.29 is 19.1 Å². The van der Waals surface area contributed by atoms with E-state index in [4.69, 9.17) is 9.47 Å². The van der Waals surface area contributed by atoms with E-state index < -0.39 is 6.10 Å². The van der Waals surface area contributed by atoms with E-state index in [0.29, 0.717) is 12.3 Å². The number of hydrogen-bond acceptors (Lipinski definition) is 5. The molecule has 3 atom stereocenters. The third-order valence-electron chi connectivity index (χ3n) is 6.56. The fourth-order valence-corrected chi connectivity index (χ4v) is 4.93. The fourth-order valence-electron chi connectivity index (χ4n) is 4.93. The summed E-state index contributed by atoms with van der Waals surface area (Å²) < 4.78 is 11.6. The van der Waals surface area contributed by atoms with Crippen molar-refractivity contribution in [1.29, 1.82) is 0 Å². The predicted molar refractivity (Wildman–Crippen MR) is 126 cm³/mol. The van der Waals surface area contributed by atoms with Crippen molar-refractivity contribution in [1.82, 2.24) is 14.8 Å². The highest BCUT2D eigenvalue weighted by molar-refractivity contribution is 5.93. The van der Waals surface area contributed by atoms with Crippen LogP contribution in [0.15, 0.2) is 79.1 Å². The zero-order valence-electron chi connectivity index (χ0n) is 19.0. The average Bonchev–Trinajstić information content (AvgIpc) is 3.38. The lowest BCUT2D eigenvalue weighted by atomic mass is 9.91. The number of nitrogens with zero attached hydrogens (tertiary/aromatic N) is 3. The summed E-state index contributed by atoms with van der Waals surface area (Å²) in [4.78, 5) is 34.3. The second-order valence-electron chi connectivity index (χ2n) is 8.54. The summed E-state index contributed by atoms with van der Waals surface area (Å²) in [7, 11) is 1.64. The van der Waals surface area contributed by atoms with Gasteiger partial charge in [0.15, 0.2) is 0 Å². The van der Waals surface area contributed by atoms with Crippen LogP contribution in [-0.4, -0.2) is 52.9 Å². The molecule has 5 rings (SSSR count). The molecule has 0 bridgehead atoms. The number of carbonyl (C=O) groups excluding carboxylic acids is 2. The number of amides is 2. The summed E-state index contributed by atoms with van der Waals surface area (Å²) in [5.74, 6) is 1.13. The number of aromatic nitrogens is 1. The van der Waals surface area contributed by atoms with Gasteiger partial charge in [0.2, 0.25) is 12.0 Å². The van der Waals surface area contributed by atoms with Gasteiger partial charge in [-0.1, -0.05) is 42.5 Å². The van der Waals surface area contributed by atoms with Gasteiger partial charge in [-0.15, -0.1) is 0 Å². The Balaban J connectivity index is 1.36. The van der Waals surface area contributed by atoms with E-state index >= 15 is 0 Å². The van der Waals surface area contributed by atoms with Crippen molar-refractivity contribution in [3.05, 3.63) is 90.3 Å². The van der Waals surface area contributed by atoms with Gasteiger partial charge in [-0.25, -0.2) is 0 Å². The van der Waals surface area contributed by atoms with Gasteiger partial charge < -0.3 is 19.3 Å². The largest absolute Gasteiger partial charge is 0.496 e. The molecule has 7 nitrogen and oxygen atoms in total. The molecule has 1 aromatic heterocycles. The molecule has 0 aliphatic carbocycles. The molecule has 2 aliphatic rings. The van der Waals surface area contributed by atoms with Gasteiger partial charge in [-0.05, 0) is 42.7 Å². The molecule has 2 aromatic carbocycles. The normalized spacial score (nSPS) is 21.8. The van der Waals surface area contributed by atoms with Gasteiger partial charge >= 0.3 is 0 Å². The molecule has 2 saturated heterocycles. The van der Waals surface area contributed by atoms with E-state index in [0.717, 1.165) is 29.7 Å². The number of methoxy groups -OCH3 is 1. The Morgan fingerprint density at radius 1 is 1.06 bits per heavy atom. The van der Waals surface area contributed by atoms with Gasteiger partial charge in [-0.3, -0.25) is 14.6 Å². The molecule has 2 aliphatic heterocycles. The summed E-state index contributed by atoms with van der Waals surface area (Å²) in [6, 6.07) is 20.4. The van der Waals surface area contributed by atoms with Crippen LogP contribution in [0.3, 0.4) is 0 Å². The second kappa shape index (κ2) is 9.55.